The average molecular weight is 289 g/mol. The highest BCUT2D eigenvalue weighted by Gasteiger charge is 2.30. The molecule has 3 atom stereocenters. The summed E-state index contributed by atoms with van der Waals surface area (Å²) in [5.74, 6) is 2.72. The Morgan fingerprint density at radius 1 is 1.14 bits per heavy atom. The van der Waals surface area contributed by atoms with Crippen molar-refractivity contribution in [3.8, 4) is 5.75 Å². The van der Waals surface area contributed by atoms with Gasteiger partial charge >= 0.3 is 0 Å². The van der Waals surface area contributed by atoms with Gasteiger partial charge in [0.05, 0.1) is 6.61 Å². The first-order valence-corrected chi connectivity index (χ1v) is 8.69. The third-order valence-corrected chi connectivity index (χ3v) is 5.01. The van der Waals surface area contributed by atoms with E-state index in [2.05, 4.69) is 50.4 Å². The first-order valence-electron chi connectivity index (χ1n) is 8.69. The minimum absolute atomic E-state index is 0.690. The first-order chi connectivity index (χ1) is 10.2. The molecule has 0 amide bonds. The Balaban J connectivity index is 1.76. The van der Waals surface area contributed by atoms with E-state index in [9.17, 15) is 0 Å². The molecule has 1 aliphatic carbocycles. The molecule has 0 aliphatic heterocycles. The molecule has 2 rings (SSSR count). The van der Waals surface area contributed by atoms with E-state index in [1.54, 1.807) is 0 Å². The lowest BCUT2D eigenvalue weighted by Crippen LogP contribution is -2.32. The van der Waals surface area contributed by atoms with E-state index in [-0.39, 0.29) is 0 Å². The van der Waals surface area contributed by atoms with Crippen molar-refractivity contribution < 1.29 is 4.74 Å². The van der Waals surface area contributed by atoms with Gasteiger partial charge in [-0.1, -0.05) is 45.7 Å². The van der Waals surface area contributed by atoms with E-state index < -0.39 is 0 Å². The van der Waals surface area contributed by atoms with Gasteiger partial charge in [-0.15, -0.1) is 0 Å². The number of rotatable bonds is 8. The summed E-state index contributed by atoms with van der Waals surface area (Å²) in [6.07, 6.45) is 6.35. The van der Waals surface area contributed by atoms with Crippen LogP contribution in [-0.4, -0.2) is 12.6 Å². The Morgan fingerprint density at radius 2 is 1.90 bits per heavy atom. The van der Waals surface area contributed by atoms with Crippen LogP contribution < -0.4 is 10.1 Å². The summed E-state index contributed by atoms with van der Waals surface area (Å²) in [6, 6.07) is 9.26. The molecule has 1 saturated carbocycles. The summed E-state index contributed by atoms with van der Waals surface area (Å²) in [5.41, 5.74) is 1.35. The lowest BCUT2D eigenvalue weighted by Gasteiger charge is -2.21. The molecule has 2 nitrogen and oxygen atoms in total. The van der Waals surface area contributed by atoms with Crippen molar-refractivity contribution >= 4 is 0 Å². The van der Waals surface area contributed by atoms with Gasteiger partial charge in [-0.05, 0) is 48.8 Å². The predicted octanol–water partition coefficient (Wildman–Crippen LogP) is 4.78. The van der Waals surface area contributed by atoms with E-state index in [4.69, 9.17) is 4.74 Å². The van der Waals surface area contributed by atoms with Crippen LogP contribution in [0.2, 0.25) is 0 Å². The molecule has 21 heavy (non-hydrogen) atoms. The number of benzene rings is 1. The van der Waals surface area contributed by atoms with E-state index in [1.165, 1.54) is 31.2 Å². The number of hydrogen-bond acceptors (Lipinski definition) is 2. The molecule has 2 heteroatoms. The van der Waals surface area contributed by atoms with Crippen molar-refractivity contribution in [1.29, 1.82) is 0 Å². The summed E-state index contributed by atoms with van der Waals surface area (Å²) < 4.78 is 5.70. The summed E-state index contributed by atoms with van der Waals surface area (Å²) in [6.45, 7) is 8.71. The molecule has 0 bridgehead atoms. The molecular formula is C19H31NO. The lowest BCUT2D eigenvalue weighted by molar-refractivity contribution is 0.309. The van der Waals surface area contributed by atoms with Gasteiger partial charge in [0.25, 0.3) is 0 Å². The van der Waals surface area contributed by atoms with E-state index in [0.29, 0.717) is 6.04 Å². The molecule has 3 unspecified atom stereocenters. The van der Waals surface area contributed by atoms with Crippen molar-refractivity contribution in [1.82, 2.24) is 5.32 Å². The molecule has 118 valence electrons. The maximum atomic E-state index is 5.70. The second kappa shape index (κ2) is 8.43. The van der Waals surface area contributed by atoms with Gasteiger partial charge < -0.3 is 10.1 Å². The topological polar surface area (TPSA) is 21.3 Å². The SMILES string of the molecule is CCCCOc1ccc(CNC2CCC(CC)C2C)cc1. The zero-order valence-corrected chi connectivity index (χ0v) is 13.9. The summed E-state index contributed by atoms with van der Waals surface area (Å²) in [4.78, 5) is 0. The Hall–Kier alpha value is -1.02. The molecule has 0 saturated heterocycles. The van der Waals surface area contributed by atoms with Gasteiger partial charge in [0.15, 0.2) is 0 Å². The maximum absolute atomic E-state index is 5.70. The van der Waals surface area contributed by atoms with Crippen molar-refractivity contribution in [2.24, 2.45) is 11.8 Å². The van der Waals surface area contributed by atoms with Crippen molar-refractivity contribution in [3.05, 3.63) is 29.8 Å². The zero-order chi connectivity index (χ0) is 15.1. The highest BCUT2D eigenvalue weighted by atomic mass is 16.5. The highest BCUT2D eigenvalue weighted by Crippen LogP contribution is 2.33. The van der Waals surface area contributed by atoms with Crippen molar-refractivity contribution in [2.75, 3.05) is 6.61 Å². The Kier molecular flexibility index (Phi) is 6.56. The zero-order valence-electron chi connectivity index (χ0n) is 13.9. The standard InChI is InChI=1S/C19H31NO/c1-4-6-13-21-18-10-7-16(8-11-18)14-20-19-12-9-17(5-2)15(19)3/h7-8,10-11,15,17,19-20H,4-6,9,12-14H2,1-3H3. The number of unbranched alkanes of at least 4 members (excludes halogenated alkanes) is 1. The Labute approximate surface area is 130 Å². The van der Waals surface area contributed by atoms with Gasteiger partial charge in [0.2, 0.25) is 0 Å². The highest BCUT2D eigenvalue weighted by molar-refractivity contribution is 5.27. The predicted molar refractivity (Wildman–Crippen MR) is 89.7 cm³/mol. The Morgan fingerprint density at radius 3 is 2.52 bits per heavy atom. The first kappa shape index (κ1) is 16.4. The quantitative estimate of drug-likeness (QED) is 0.695. The van der Waals surface area contributed by atoms with E-state index in [0.717, 1.165) is 37.2 Å². The third kappa shape index (κ3) is 4.74. The van der Waals surface area contributed by atoms with Crippen LogP contribution in [0.3, 0.4) is 0 Å². The normalized spacial score (nSPS) is 25.2. The van der Waals surface area contributed by atoms with Crippen LogP contribution in [0.5, 0.6) is 5.75 Å². The third-order valence-electron chi connectivity index (χ3n) is 5.01. The van der Waals surface area contributed by atoms with Crippen LogP contribution in [0.25, 0.3) is 0 Å². The van der Waals surface area contributed by atoms with Gasteiger partial charge in [-0.25, -0.2) is 0 Å². The van der Waals surface area contributed by atoms with E-state index in [1.807, 2.05) is 0 Å². The molecule has 1 N–H and O–H groups in total. The number of ether oxygens (including phenoxy) is 1. The lowest BCUT2D eigenvalue weighted by atomic mass is 9.93. The van der Waals surface area contributed by atoms with Crippen molar-refractivity contribution in [3.63, 3.8) is 0 Å². The minimum atomic E-state index is 0.690. The summed E-state index contributed by atoms with van der Waals surface area (Å²) in [7, 11) is 0. The summed E-state index contributed by atoms with van der Waals surface area (Å²) >= 11 is 0. The molecule has 0 spiro atoms. The fraction of sp³-hybridized carbons (Fsp3) is 0.684. The Bertz CT molecular complexity index is 401. The molecule has 0 aromatic heterocycles. The molecular weight excluding hydrogens is 258 g/mol. The van der Waals surface area contributed by atoms with E-state index >= 15 is 0 Å². The largest absolute Gasteiger partial charge is 0.494 e. The molecule has 0 heterocycles. The van der Waals surface area contributed by atoms with Gasteiger partial charge in [-0.3, -0.25) is 0 Å². The van der Waals surface area contributed by atoms with Gasteiger partial charge in [0.1, 0.15) is 5.75 Å². The second-order valence-corrected chi connectivity index (χ2v) is 6.44. The van der Waals surface area contributed by atoms with Crippen molar-refractivity contribution in [2.45, 2.75) is 65.5 Å². The maximum Gasteiger partial charge on any atom is 0.119 e. The molecule has 0 radical (unpaired) electrons. The molecule has 1 fully saturated rings. The fourth-order valence-corrected chi connectivity index (χ4v) is 3.40. The summed E-state index contributed by atoms with van der Waals surface area (Å²) in [5, 5.41) is 3.74. The monoisotopic (exact) mass is 289 g/mol. The average Bonchev–Trinajstić information content (AvgIpc) is 2.87. The number of hydrogen-bond donors (Lipinski definition) is 1. The van der Waals surface area contributed by atoms with Crippen LogP contribution in [0, 0.1) is 11.8 Å². The minimum Gasteiger partial charge on any atom is -0.494 e. The smallest absolute Gasteiger partial charge is 0.119 e. The van der Waals surface area contributed by atoms with Gasteiger partial charge in [0, 0.05) is 12.6 Å². The van der Waals surface area contributed by atoms with Crippen LogP contribution >= 0.6 is 0 Å². The fourth-order valence-electron chi connectivity index (χ4n) is 3.40. The second-order valence-electron chi connectivity index (χ2n) is 6.44. The molecule has 1 aromatic rings. The molecule has 1 aliphatic rings. The van der Waals surface area contributed by atoms with Crippen LogP contribution in [0.4, 0.5) is 0 Å². The molecule has 1 aromatic carbocycles. The van der Waals surface area contributed by atoms with Crippen LogP contribution in [-0.2, 0) is 6.54 Å². The van der Waals surface area contributed by atoms with Crippen LogP contribution in [0.1, 0.15) is 58.4 Å². The van der Waals surface area contributed by atoms with Gasteiger partial charge in [-0.2, -0.15) is 0 Å². The van der Waals surface area contributed by atoms with Crippen LogP contribution in [0.15, 0.2) is 24.3 Å². The number of nitrogens with one attached hydrogen (secondary N) is 1.